The molecular formula is C20H14BrNO4S. The lowest BCUT2D eigenvalue weighted by Crippen LogP contribution is -2.28. The van der Waals surface area contributed by atoms with Crippen molar-refractivity contribution < 1.29 is 19.1 Å². The van der Waals surface area contributed by atoms with E-state index in [1.165, 1.54) is 7.11 Å². The molecule has 1 fully saturated rings. The zero-order valence-electron chi connectivity index (χ0n) is 14.3. The van der Waals surface area contributed by atoms with Gasteiger partial charge in [-0.25, -0.2) is 4.90 Å². The van der Waals surface area contributed by atoms with Crippen LogP contribution in [-0.4, -0.2) is 24.9 Å². The minimum Gasteiger partial charge on any atom is -0.495 e. The molecule has 2 aromatic rings. The number of halogens is 1. The van der Waals surface area contributed by atoms with Crippen LogP contribution in [0.25, 0.3) is 6.08 Å². The second kappa shape index (κ2) is 8.33. The highest BCUT2D eigenvalue weighted by molar-refractivity contribution is 9.10. The topological polar surface area (TPSA) is 55.8 Å². The molecule has 3 rings (SSSR count). The molecule has 0 unspecified atom stereocenters. The standard InChI is InChI=1S/C20H14BrNO4S/c1-3-10-26-16-9-8-13(11-14(16)21)12-18-19(23)22(20(24)27-18)15-6-4-5-7-17(15)25-2/h1,4-9,11-12H,10H2,2H3/b18-12-. The molecule has 0 aromatic heterocycles. The summed E-state index contributed by atoms with van der Waals surface area (Å²) in [5.74, 6) is 3.07. The lowest BCUT2D eigenvalue weighted by atomic mass is 10.2. The fourth-order valence-electron chi connectivity index (χ4n) is 2.48. The first-order chi connectivity index (χ1) is 13.0. The van der Waals surface area contributed by atoms with Gasteiger partial charge in [0.05, 0.1) is 22.2 Å². The fraction of sp³-hybridized carbons (Fsp3) is 0.100. The first kappa shape index (κ1) is 19.1. The molecule has 2 amide bonds. The molecule has 0 radical (unpaired) electrons. The number of thioether (sulfide) groups is 1. The van der Waals surface area contributed by atoms with E-state index in [2.05, 4.69) is 21.9 Å². The number of anilines is 1. The highest BCUT2D eigenvalue weighted by Crippen LogP contribution is 2.39. The number of methoxy groups -OCH3 is 1. The summed E-state index contributed by atoms with van der Waals surface area (Å²) in [7, 11) is 1.50. The Morgan fingerprint density at radius 3 is 2.70 bits per heavy atom. The number of para-hydroxylation sites is 2. The number of rotatable bonds is 5. The molecule has 0 atom stereocenters. The summed E-state index contributed by atoms with van der Waals surface area (Å²) in [6.07, 6.45) is 6.85. The van der Waals surface area contributed by atoms with Gasteiger partial charge in [-0.3, -0.25) is 9.59 Å². The third kappa shape index (κ3) is 4.02. The van der Waals surface area contributed by atoms with Gasteiger partial charge in [-0.05, 0) is 63.6 Å². The molecule has 1 aliphatic heterocycles. The molecule has 27 heavy (non-hydrogen) atoms. The molecule has 0 bridgehead atoms. The van der Waals surface area contributed by atoms with Crippen LogP contribution in [0.5, 0.6) is 11.5 Å². The predicted octanol–water partition coefficient (Wildman–Crippen LogP) is 4.71. The van der Waals surface area contributed by atoms with Crippen molar-refractivity contribution in [2.75, 3.05) is 18.6 Å². The average Bonchev–Trinajstić information content (AvgIpc) is 2.94. The van der Waals surface area contributed by atoms with Crippen LogP contribution in [0, 0.1) is 12.3 Å². The predicted molar refractivity (Wildman–Crippen MR) is 110 cm³/mol. The SMILES string of the molecule is C#CCOc1ccc(/C=C2\SC(=O)N(c3ccccc3OC)C2=O)cc1Br. The number of carbonyl (C=O) groups excluding carboxylic acids is 2. The summed E-state index contributed by atoms with van der Waals surface area (Å²) < 4.78 is 11.4. The molecule has 0 spiro atoms. The van der Waals surface area contributed by atoms with Crippen LogP contribution in [0.1, 0.15) is 5.56 Å². The number of benzene rings is 2. The lowest BCUT2D eigenvalue weighted by Gasteiger charge is -2.15. The van der Waals surface area contributed by atoms with Gasteiger partial charge < -0.3 is 9.47 Å². The Balaban J connectivity index is 1.89. The Kier molecular flexibility index (Phi) is 5.89. The molecule has 136 valence electrons. The summed E-state index contributed by atoms with van der Waals surface area (Å²) in [6, 6.07) is 12.2. The number of carbonyl (C=O) groups is 2. The van der Waals surface area contributed by atoms with Gasteiger partial charge in [-0.15, -0.1) is 6.42 Å². The number of terminal acetylenes is 1. The second-order valence-electron chi connectivity index (χ2n) is 5.37. The number of hydrogen-bond donors (Lipinski definition) is 0. The third-order valence-electron chi connectivity index (χ3n) is 3.68. The molecule has 0 aliphatic carbocycles. The number of amides is 2. The summed E-state index contributed by atoms with van der Waals surface area (Å²) >= 11 is 4.30. The van der Waals surface area contributed by atoms with Gasteiger partial charge >= 0.3 is 0 Å². The molecule has 7 heteroatoms. The van der Waals surface area contributed by atoms with E-state index in [-0.39, 0.29) is 11.8 Å². The van der Waals surface area contributed by atoms with Crippen molar-refractivity contribution in [3.8, 4) is 23.8 Å². The zero-order valence-corrected chi connectivity index (χ0v) is 16.7. The van der Waals surface area contributed by atoms with Crippen LogP contribution in [0.15, 0.2) is 51.8 Å². The molecule has 0 N–H and O–H groups in total. The maximum atomic E-state index is 12.8. The fourth-order valence-corrected chi connectivity index (χ4v) is 3.83. The van der Waals surface area contributed by atoms with E-state index in [0.717, 1.165) is 22.2 Å². The Labute approximate surface area is 169 Å². The van der Waals surface area contributed by atoms with Crippen molar-refractivity contribution in [1.29, 1.82) is 0 Å². The molecule has 1 heterocycles. The smallest absolute Gasteiger partial charge is 0.298 e. The summed E-state index contributed by atoms with van der Waals surface area (Å²) in [6.45, 7) is 0.162. The van der Waals surface area contributed by atoms with Gasteiger partial charge in [-0.1, -0.05) is 24.1 Å². The number of hydrogen-bond acceptors (Lipinski definition) is 5. The largest absolute Gasteiger partial charge is 0.495 e. The van der Waals surface area contributed by atoms with E-state index in [0.29, 0.717) is 26.6 Å². The van der Waals surface area contributed by atoms with Gasteiger partial charge in [0.1, 0.15) is 18.1 Å². The van der Waals surface area contributed by atoms with Crippen LogP contribution in [-0.2, 0) is 4.79 Å². The van der Waals surface area contributed by atoms with Crippen molar-refractivity contribution in [3.05, 3.63) is 57.4 Å². The van der Waals surface area contributed by atoms with E-state index in [1.807, 2.05) is 0 Å². The van der Waals surface area contributed by atoms with E-state index >= 15 is 0 Å². The maximum Gasteiger partial charge on any atom is 0.298 e. The normalized spacial score (nSPS) is 15.1. The Morgan fingerprint density at radius 2 is 2.00 bits per heavy atom. The Hall–Kier alpha value is -2.69. The van der Waals surface area contributed by atoms with E-state index in [4.69, 9.17) is 15.9 Å². The van der Waals surface area contributed by atoms with Crippen LogP contribution in [0.2, 0.25) is 0 Å². The van der Waals surface area contributed by atoms with Crippen molar-refractivity contribution in [2.24, 2.45) is 0 Å². The van der Waals surface area contributed by atoms with Crippen molar-refractivity contribution in [3.63, 3.8) is 0 Å². The lowest BCUT2D eigenvalue weighted by molar-refractivity contribution is -0.113. The van der Waals surface area contributed by atoms with Crippen LogP contribution in [0.4, 0.5) is 10.5 Å². The monoisotopic (exact) mass is 443 g/mol. The molecule has 1 aliphatic rings. The average molecular weight is 444 g/mol. The number of ether oxygens (including phenoxy) is 2. The van der Waals surface area contributed by atoms with Crippen LogP contribution >= 0.6 is 27.7 Å². The number of nitrogens with zero attached hydrogens (tertiary/aromatic N) is 1. The summed E-state index contributed by atoms with van der Waals surface area (Å²) in [5.41, 5.74) is 1.17. The molecule has 1 saturated heterocycles. The van der Waals surface area contributed by atoms with E-state index in [9.17, 15) is 9.59 Å². The summed E-state index contributed by atoms with van der Waals surface area (Å²) in [4.78, 5) is 26.6. The quantitative estimate of drug-likeness (QED) is 0.494. The molecular weight excluding hydrogens is 430 g/mol. The third-order valence-corrected chi connectivity index (χ3v) is 5.17. The number of imide groups is 1. The van der Waals surface area contributed by atoms with Crippen molar-refractivity contribution >= 4 is 50.6 Å². The van der Waals surface area contributed by atoms with Gasteiger partial charge in [0, 0.05) is 0 Å². The van der Waals surface area contributed by atoms with Gasteiger partial charge in [0.25, 0.3) is 11.1 Å². The minimum atomic E-state index is -0.390. The van der Waals surface area contributed by atoms with Gasteiger partial charge in [-0.2, -0.15) is 0 Å². The highest BCUT2D eigenvalue weighted by Gasteiger charge is 2.37. The molecule has 2 aromatic carbocycles. The first-order valence-corrected chi connectivity index (χ1v) is 9.43. The zero-order chi connectivity index (χ0) is 19.4. The summed E-state index contributed by atoms with van der Waals surface area (Å²) in [5, 5.41) is -0.371. The van der Waals surface area contributed by atoms with Crippen LogP contribution in [0.3, 0.4) is 0 Å². The molecule has 0 saturated carbocycles. The Bertz CT molecular complexity index is 980. The van der Waals surface area contributed by atoms with E-state index in [1.54, 1.807) is 48.5 Å². The van der Waals surface area contributed by atoms with Crippen LogP contribution < -0.4 is 14.4 Å². The van der Waals surface area contributed by atoms with Crippen molar-refractivity contribution in [2.45, 2.75) is 0 Å². The van der Waals surface area contributed by atoms with E-state index < -0.39 is 5.91 Å². The Morgan fingerprint density at radius 1 is 1.22 bits per heavy atom. The maximum absolute atomic E-state index is 12.8. The highest BCUT2D eigenvalue weighted by atomic mass is 79.9. The minimum absolute atomic E-state index is 0.162. The van der Waals surface area contributed by atoms with Gasteiger partial charge in [0.15, 0.2) is 0 Å². The van der Waals surface area contributed by atoms with Gasteiger partial charge in [0.2, 0.25) is 0 Å². The second-order valence-corrected chi connectivity index (χ2v) is 7.22. The molecule has 5 nitrogen and oxygen atoms in total. The van der Waals surface area contributed by atoms with Crippen molar-refractivity contribution in [1.82, 2.24) is 0 Å². The first-order valence-electron chi connectivity index (χ1n) is 7.82.